The lowest BCUT2D eigenvalue weighted by molar-refractivity contribution is -0.160. The van der Waals surface area contributed by atoms with Gasteiger partial charge < -0.3 is 24.1 Å². The number of aliphatic hydroxyl groups excluding tert-OH is 1. The maximum Gasteiger partial charge on any atom is 0.114 e. The highest BCUT2D eigenvalue weighted by Crippen LogP contribution is 2.16. The van der Waals surface area contributed by atoms with Crippen molar-refractivity contribution in [1.29, 1.82) is 0 Å². The van der Waals surface area contributed by atoms with Crippen molar-refractivity contribution in [3.05, 3.63) is 108 Å². The number of ether oxygens (including phenoxy) is 4. The Balaban J connectivity index is 1.64. The van der Waals surface area contributed by atoms with Crippen molar-refractivity contribution in [2.75, 3.05) is 20.3 Å². The Hall–Kier alpha value is -2.54. The lowest BCUT2D eigenvalue weighted by Crippen LogP contribution is -2.45. The lowest BCUT2D eigenvalue weighted by atomic mass is 10.1. The quantitative estimate of drug-likeness (QED) is 0.406. The summed E-state index contributed by atoms with van der Waals surface area (Å²) in [6.45, 7) is 1.60. The van der Waals surface area contributed by atoms with Gasteiger partial charge in [0, 0.05) is 7.11 Å². The molecular weight excluding hydrogens is 404 g/mol. The fourth-order valence-electron chi connectivity index (χ4n) is 3.38. The minimum Gasteiger partial charge on any atom is -0.388 e. The number of aliphatic hydroxyl groups is 1. The topological polar surface area (TPSA) is 57.2 Å². The van der Waals surface area contributed by atoms with Gasteiger partial charge in [-0.25, -0.2) is 0 Å². The molecule has 0 saturated heterocycles. The summed E-state index contributed by atoms with van der Waals surface area (Å²) < 4.78 is 23.5. The first-order valence-electron chi connectivity index (χ1n) is 10.9. The Bertz CT molecular complexity index is 857. The molecule has 0 spiro atoms. The van der Waals surface area contributed by atoms with Crippen LogP contribution in [0.1, 0.15) is 16.7 Å². The van der Waals surface area contributed by atoms with Crippen LogP contribution in [0, 0.1) is 0 Å². The molecule has 1 N–H and O–H groups in total. The van der Waals surface area contributed by atoms with Crippen molar-refractivity contribution in [2.24, 2.45) is 0 Å². The van der Waals surface area contributed by atoms with E-state index in [1.807, 2.05) is 91.0 Å². The van der Waals surface area contributed by atoms with Gasteiger partial charge in [0.25, 0.3) is 0 Å². The van der Waals surface area contributed by atoms with Gasteiger partial charge in [-0.15, -0.1) is 0 Å². The van der Waals surface area contributed by atoms with E-state index in [-0.39, 0.29) is 6.61 Å². The molecule has 0 saturated carbocycles. The molecule has 0 aromatic heterocycles. The van der Waals surface area contributed by atoms with E-state index in [9.17, 15) is 5.11 Å². The second kappa shape index (κ2) is 13.8. The minimum atomic E-state index is -0.877. The van der Waals surface area contributed by atoms with E-state index in [4.69, 9.17) is 18.9 Å². The number of methoxy groups -OCH3 is 1. The highest BCUT2D eigenvalue weighted by atomic mass is 16.6. The van der Waals surface area contributed by atoms with Crippen LogP contribution in [0.5, 0.6) is 0 Å². The van der Waals surface area contributed by atoms with Gasteiger partial charge in [0.15, 0.2) is 0 Å². The van der Waals surface area contributed by atoms with E-state index in [2.05, 4.69) is 0 Å². The molecule has 5 nitrogen and oxygen atoms in total. The largest absolute Gasteiger partial charge is 0.388 e. The summed E-state index contributed by atoms with van der Waals surface area (Å²) in [6.07, 6.45) is -1.95. The molecule has 32 heavy (non-hydrogen) atoms. The van der Waals surface area contributed by atoms with Crippen LogP contribution in [0.3, 0.4) is 0 Å². The fourth-order valence-corrected chi connectivity index (χ4v) is 3.38. The van der Waals surface area contributed by atoms with Crippen LogP contribution in [-0.2, 0) is 38.8 Å². The molecule has 0 fully saturated rings. The van der Waals surface area contributed by atoms with Crippen LogP contribution < -0.4 is 0 Å². The highest BCUT2D eigenvalue weighted by Gasteiger charge is 2.31. The van der Waals surface area contributed by atoms with Crippen LogP contribution in [0.15, 0.2) is 91.0 Å². The molecular formula is C27H32O5. The van der Waals surface area contributed by atoms with Gasteiger partial charge in [-0.1, -0.05) is 91.0 Å². The molecule has 0 unspecified atom stereocenters. The Morgan fingerprint density at radius 1 is 0.625 bits per heavy atom. The molecule has 3 aromatic rings. The van der Waals surface area contributed by atoms with Crippen LogP contribution in [0.25, 0.3) is 0 Å². The molecule has 0 heterocycles. The summed E-state index contributed by atoms with van der Waals surface area (Å²) in [4.78, 5) is 0. The smallest absolute Gasteiger partial charge is 0.114 e. The van der Waals surface area contributed by atoms with Crippen LogP contribution in [-0.4, -0.2) is 43.7 Å². The second-order valence-corrected chi connectivity index (χ2v) is 7.62. The van der Waals surface area contributed by atoms with Crippen molar-refractivity contribution < 1.29 is 24.1 Å². The van der Waals surface area contributed by atoms with Crippen LogP contribution >= 0.6 is 0 Å². The zero-order chi connectivity index (χ0) is 22.4. The predicted octanol–water partition coefficient (Wildman–Crippen LogP) is 4.38. The average Bonchev–Trinajstić information content (AvgIpc) is 2.84. The van der Waals surface area contributed by atoms with Gasteiger partial charge in [0.05, 0.1) is 33.0 Å². The summed E-state index contributed by atoms with van der Waals surface area (Å²) in [5.74, 6) is 0. The van der Waals surface area contributed by atoms with Crippen LogP contribution in [0.2, 0.25) is 0 Å². The highest BCUT2D eigenvalue weighted by molar-refractivity contribution is 5.15. The molecule has 0 amide bonds. The maximum absolute atomic E-state index is 11.0. The summed E-state index contributed by atoms with van der Waals surface area (Å²) in [5.41, 5.74) is 3.12. The van der Waals surface area contributed by atoms with Crippen LogP contribution in [0.4, 0.5) is 0 Å². The number of benzene rings is 3. The summed E-state index contributed by atoms with van der Waals surface area (Å²) in [7, 11) is 1.62. The van der Waals surface area contributed by atoms with Gasteiger partial charge in [-0.05, 0) is 16.7 Å². The molecule has 3 atom stereocenters. The summed E-state index contributed by atoms with van der Waals surface area (Å²) >= 11 is 0. The Labute approximate surface area is 190 Å². The molecule has 170 valence electrons. The van der Waals surface area contributed by atoms with Gasteiger partial charge >= 0.3 is 0 Å². The number of hydrogen-bond donors (Lipinski definition) is 1. The van der Waals surface area contributed by atoms with E-state index >= 15 is 0 Å². The fraction of sp³-hybridized carbons (Fsp3) is 0.333. The first kappa shape index (κ1) is 24.1. The lowest BCUT2D eigenvalue weighted by Gasteiger charge is -2.31. The standard InChI is InChI=1S/C27H32O5/c1-29-21-26(31-18-23-13-7-3-8-14-23)27(32-19-24-15-9-4-10-16-24)25(28)20-30-17-22-11-5-2-6-12-22/h2-16,25-28H,17-21H2,1H3/t25-,26-,27+/m0/s1. The molecule has 3 aromatic carbocycles. The summed E-state index contributed by atoms with van der Waals surface area (Å²) in [6, 6.07) is 29.7. The summed E-state index contributed by atoms with van der Waals surface area (Å²) in [5, 5.41) is 11.0. The van der Waals surface area contributed by atoms with Crippen molar-refractivity contribution in [3.63, 3.8) is 0 Å². The van der Waals surface area contributed by atoms with E-state index in [1.54, 1.807) is 7.11 Å². The molecule has 0 radical (unpaired) electrons. The van der Waals surface area contributed by atoms with Gasteiger partial charge in [0.1, 0.15) is 18.3 Å². The second-order valence-electron chi connectivity index (χ2n) is 7.62. The monoisotopic (exact) mass is 436 g/mol. The first-order chi connectivity index (χ1) is 15.8. The Morgan fingerprint density at radius 3 is 1.59 bits per heavy atom. The molecule has 0 aliphatic carbocycles. The Morgan fingerprint density at radius 2 is 1.09 bits per heavy atom. The minimum absolute atomic E-state index is 0.128. The van der Waals surface area contributed by atoms with Gasteiger partial charge in [-0.3, -0.25) is 0 Å². The number of hydrogen-bond acceptors (Lipinski definition) is 5. The zero-order valence-corrected chi connectivity index (χ0v) is 18.5. The van der Waals surface area contributed by atoms with E-state index in [0.717, 1.165) is 16.7 Å². The molecule has 0 bridgehead atoms. The van der Waals surface area contributed by atoms with Gasteiger partial charge in [0.2, 0.25) is 0 Å². The molecule has 0 aliphatic heterocycles. The Kier molecular flexibility index (Phi) is 10.4. The first-order valence-corrected chi connectivity index (χ1v) is 10.9. The maximum atomic E-state index is 11.0. The zero-order valence-electron chi connectivity index (χ0n) is 18.5. The third-order valence-electron chi connectivity index (χ3n) is 5.07. The third kappa shape index (κ3) is 8.19. The van der Waals surface area contributed by atoms with E-state index < -0.39 is 18.3 Å². The van der Waals surface area contributed by atoms with Crippen molar-refractivity contribution in [2.45, 2.75) is 38.1 Å². The van der Waals surface area contributed by atoms with E-state index in [0.29, 0.717) is 26.4 Å². The molecule has 5 heteroatoms. The molecule has 0 aliphatic rings. The normalized spacial score (nSPS) is 14.1. The predicted molar refractivity (Wildman–Crippen MR) is 124 cm³/mol. The third-order valence-corrected chi connectivity index (χ3v) is 5.07. The van der Waals surface area contributed by atoms with Gasteiger partial charge in [-0.2, -0.15) is 0 Å². The van der Waals surface area contributed by atoms with Crippen molar-refractivity contribution >= 4 is 0 Å². The van der Waals surface area contributed by atoms with Crippen molar-refractivity contribution in [3.8, 4) is 0 Å². The molecule has 3 rings (SSSR count). The number of rotatable bonds is 14. The SMILES string of the molecule is COC[C@H](OCc1ccccc1)[C@H](OCc1ccccc1)[C@@H](O)COCc1ccccc1. The average molecular weight is 437 g/mol. The van der Waals surface area contributed by atoms with E-state index in [1.165, 1.54) is 0 Å². The van der Waals surface area contributed by atoms with Crippen molar-refractivity contribution in [1.82, 2.24) is 0 Å².